The maximum atomic E-state index is 5.88. The van der Waals surface area contributed by atoms with Crippen LogP contribution in [0.2, 0.25) is 0 Å². The maximum Gasteiger partial charge on any atom is 0.151 e. The van der Waals surface area contributed by atoms with Crippen LogP contribution in [0.15, 0.2) is 18.3 Å². The van der Waals surface area contributed by atoms with Crippen LogP contribution in [0.5, 0.6) is 0 Å². The van der Waals surface area contributed by atoms with Gasteiger partial charge in [0, 0.05) is 19.3 Å². The average molecular weight is 225 g/mol. The fourth-order valence-corrected chi connectivity index (χ4v) is 1.97. The van der Waals surface area contributed by atoms with Crippen LogP contribution in [0.3, 0.4) is 0 Å². The standard InChI is InChI=1S/C11H19N3S/c1-9(6-8-15-3)14(2)11-10(12)5-4-7-13-11/h4-5,7,9H,6,8,12H2,1-3H3. The number of thioether (sulfide) groups is 1. The predicted octanol–water partition coefficient (Wildman–Crippen LogP) is 2.24. The molecule has 1 heterocycles. The van der Waals surface area contributed by atoms with Crippen molar-refractivity contribution < 1.29 is 0 Å². The Morgan fingerprint density at radius 1 is 1.60 bits per heavy atom. The van der Waals surface area contributed by atoms with Gasteiger partial charge in [0.1, 0.15) is 0 Å². The molecule has 0 radical (unpaired) electrons. The van der Waals surface area contributed by atoms with Crippen LogP contribution in [-0.2, 0) is 0 Å². The van der Waals surface area contributed by atoms with E-state index in [1.165, 1.54) is 0 Å². The highest BCUT2D eigenvalue weighted by atomic mass is 32.2. The molecular weight excluding hydrogens is 206 g/mol. The zero-order valence-corrected chi connectivity index (χ0v) is 10.4. The maximum absolute atomic E-state index is 5.88. The van der Waals surface area contributed by atoms with Gasteiger partial charge in [0.15, 0.2) is 5.82 Å². The SMILES string of the molecule is CSCCC(C)N(C)c1ncccc1N. The van der Waals surface area contributed by atoms with E-state index in [9.17, 15) is 0 Å². The topological polar surface area (TPSA) is 42.2 Å². The Bertz CT molecular complexity index is 304. The lowest BCUT2D eigenvalue weighted by Crippen LogP contribution is -2.30. The van der Waals surface area contributed by atoms with E-state index in [1.807, 2.05) is 30.9 Å². The number of hydrogen-bond donors (Lipinski definition) is 1. The number of nitrogen functional groups attached to an aromatic ring is 1. The number of rotatable bonds is 5. The number of nitrogens with zero attached hydrogens (tertiary/aromatic N) is 2. The van der Waals surface area contributed by atoms with Gasteiger partial charge >= 0.3 is 0 Å². The molecule has 0 amide bonds. The average Bonchev–Trinajstić information content (AvgIpc) is 2.25. The molecule has 0 fully saturated rings. The first-order valence-corrected chi connectivity index (χ1v) is 6.48. The lowest BCUT2D eigenvalue weighted by molar-refractivity contribution is 0.663. The van der Waals surface area contributed by atoms with Crippen molar-refractivity contribution in [3.63, 3.8) is 0 Å². The van der Waals surface area contributed by atoms with Crippen molar-refractivity contribution in [1.82, 2.24) is 4.98 Å². The fourth-order valence-electron chi connectivity index (χ4n) is 1.39. The Kier molecular flexibility index (Phi) is 4.75. The molecule has 0 saturated carbocycles. The molecule has 1 rings (SSSR count). The Hall–Kier alpha value is -0.900. The molecule has 1 aromatic rings. The van der Waals surface area contributed by atoms with Crippen molar-refractivity contribution in [2.45, 2.75) is 19.4 Å². The minimum Gasteiger partial charge on any atom is -0.396 e. The molecule has 1 atom stereocenters. The highest BCUT2D eigenvalue weighted by molar-refractivity contribution is 7.98. The Balaban J connectivity index is 2.67. The Morgan fingerprint density at radius 3 is 2.93 bits per heavy atom. The molecule has 0 aliphatic carbocycles. The highest BCUT2D eigenvalue weighted by Crippen LogP contribution is 2.21. The molecule has 0 aliphatic heterocycles. The van der Waals surface area contributed by atoms with E-state index in [2.05, 4.69) is 23.1 Å². The van der Waals surface area contributed by atoms with Gasteiger partial charge in [-0.1, -0.05) is 0 Å². The van der Waals surface area contributed by atoms with Crippen molar-refractivity contribution >= 4 is 23.3 Å². The number of anilines is 2. The number of aromatic nitrogens is 1. The van der Waals surface area contributed by atoms with Crippen molar-refractivity contribution in [2.24, 2.45) is 0 Å². The van der Waals surface area contributed by atoms with E-state index in [1.54, 1.807) is 6.20 Å². The number of pyridine rings is 1. The number of nitrogens with two attached hydrogens (primary N) is 1. The normalized spacial score (nSPS) is 12.5. The molecule has 4 heteroatoms. The molecule has 0 saturated heterocycles. The summed E-state index contributed by atoms with van der Waals surface area (Å²) in [6.45, 7) is 2.20. The molecule has 0 bridgehead atoms. The zero-order valence-electron chi connectivity index (χ0n) is 9.60. The second kappa shape index (κ2) is 5.85. The van der Waals surface area contributed by atoms with Crippen LogP contribution in [-0.4, -0.2) is 30.1 Å². The van der Waals surface area contributed by atoms with Crippen LogP contribution >= 0.6 is 11.8 Å². The molecule has 1 aromatic heterocycles. The number of hydrogen-bond acceptors (Lipinski definition) is 4. The van der Waals surface area contributed by atoms with E-state index in [4.69, 9.17) is 5.73 Å². The van der Waals surface area contributed by atoms with Crippen LogP contribution in [0.25, 0.3) is 0 Å². The van der Waals surface area contributed by atoms with Gasteiger partial charge in [-0.25, -0.2) is 4.98 Å². The van der Waals surface area contributed by atoms with Crippen molar-refractivity contribution in [3.05, 3.63) is 18.3 Å². The van der Waals surface area contributed by atoms with Gasteiger partial charge in [0.05, 0.1) is 5.69 Å². The fraction of sp³-hybridized carbons (Fsp3) is 0.545. The third kappa shape index (κ3) is 3.30. The molecule has 0 spiro atoms. The van der Waals surface area contributed by atoms with Gasteiger partial charge in [-0.2, -0.15) is 11.8 Å². The van der Waals surface area contributed by atoms with Gasteiger partial charge in [0.25, 0.3) is 0 Å². The van der Waals surface area contributed by atoms with E-state index in [0.29, 0.717) is 6.04 Å². The molecule has 2 N–H and O–H groups in total. The highest BCUT2D eigenvalue weighted by Gasteiger charge is 2.12. The van der Waals surface area contributed by atoms with Gasteiger partial charge in [-0.05, 0) is 37.5 Å². The quantitative estimate of drug-likeness (QED) is 0.834. The van der Waals surface area contributed by atoms with E-state index in [0.717, 1.165) is 23.7 Å². The summed E-state index contributed by atoms with van der Waals surface area (Å²) in [6, 6.07) is 4.22. The van der Waals surface area contributed by atoms with Gasteiger partial charge < -0.3 is 10.6 Å². The summed E-state index contributed by atoms with van der Waals surface area (Å²) in [7, 11) is 2.05. The first-order chi connectivity index (χ1) is 7.16. The van der Waals surface area contributed by atoms with Crippen LogP contribution < -0.4 is 10.6 Å². The third-order valence-corrected chi connectivity index (χ3v) is 3.20. The van der Waals surface area contributed by atoms with E-state index >= 15 is 0 Å². The summed E-state index contributed by atoms with van der Waals surface area (Å²) in [6.07, 6.45) is 5.05. The predicted molar refractivity (Wildman–Crippen MR) is 69.5 cm³/mol. The summed E-state index contributed by atoms with van der Waals surface area (Å²) >= 11 is 1.87. The minimum absolute atomic E-state index is 0.467. The molecule has 0 aromatic carbocycles. The van der Waals surface area contributed by atoms with E-state index in [-0.39, 0.29) is 0 Å². The second-order valence-corrected chi connectivity index (χ2v) is 4.64. The lowest BCUT2D eigenvalue weighted by atomic mass is 10.2. The molecule has 0 aliphatic rings. The summed E-state index contributed by atoms with van der Waals surface area (Å²) in [5, 5.41) is 0. The summed E-state index contributed by atoms with van der Waals surface area (Å²) < 4.78 is 0. The first-order valence-electron chi connectivity index (χ1n) is 5.09. The van der Waals surface area contributed by atoms with Gasteiger partial charge in [-0.3, -0.25) is 0 Å². The summed E-state index contributed by atoms with van der Waals surface area (Å²) in [5.41, 5.74) is 6.62. The van der Waals surface area contributed by atoms with Crippen LogP contribution in [0.4, 0.5) is 11.5 Å². The third-order valence-electron chi connectivity index (χ3n) is 2.55. The molecule has 1 unspecified atom stereocenters. The second-order valence-electron chi connectivity index (χ2n) is 3.66. The van der Waals surface area contributed by atoms with Crippen molar-refractivity contribution in [1.29, 1.82) is 0 Å². The minimum atomic E-state index is 0.467. The monoisotopic (exact) mass is 225 g/mol. The first kappa shape index (κ1) is 12.2. The van der Waals surface area contributed by atoms with E-state index < -0.39 is 0 Å². The van der Waals surface area contributed by atoms with Crippen LogP contribution in [0, 0.1) is 0 Å². The molecular formula is C11H19N3S. The molecule has 84 valence electrons. The largest absolute Gasteiger partial charge is 0.396 e. The molecule has 15 heavy (non-hydrogen) atoms. The Morgan fingerprint density at radius 2 is 2.33 bits per heavy atom. The van der Waals surface area contributed by atoms with Crippen LogP contribution in [0.1, 0.15) is 13.3 Å². The van der Waals surface area contributed by atoms with Crippen molar-refractivity contribution in [3.8, 4) is 0 Å². The zero-order chi connectivity index (χ0) is 11.3. The summed E-state index contributed by atoms with van der Waals surface area (Å²) in [4.78, 5) is 6.45. The summed E-state index contributed by atoms with van der Waals surface area (Å²) in [5.74, 6) is 2.05. The Labute approximate surface area is 96.1 Å². The molecule has 3 nitrogen and oxygen atoms in total. The van der Waals surface area contributed by atoms with Gasteiger partial charge in [0.2, 0.25) is 0 Å². The van der Waals surface area contributed by atoms with Gasteiger partial charge in [-0.15, -0.1) is 0 Å². The lowest BCUT2D eigenvalue weighted by Gasteiger charge is -2.26. The smallest absolute Gasteiger partial charge is 0.151 e. The van der Waals surface area contributed by atoms with Crippen molar-refractivity contribution in [2.75, 3.05) is 29.7 Å².